The van der Waals surface area contributed by atoms with E-state index < -0.39 is 0 Å². The minimum Gasteiger partial charge on any atom is -0.462 e. The van der Waals surface area contributed by atoms with Crippen LogP contribution in [0.5, 0.6) is 0 Å². The van der Waals surface area contributed by atoms with Gasteiger partial charge < -0.3 is 19.4 Å². The van der Waals surface area contributed by atoms with Gasteiger partial charge in [0.2, 0.25) is 11.9 Å². The number of nitrogens with one attached hydrogen (secondary N) is 1. The Labute approximate surface area is 249 Å². The average molecular weight is 592 g/mol. The number of carbonyl (C=O) groups is 2. The van der Waals surface area contributed by atoms with Crippen LogP contribution in [-0.4, -0.2) is 101 Å². The van der Waals surface area contributed by atoms with E-state index in [9.17, 15) is 9.59 Å². The van der Waals surface area contributed by atoms with Crippen LogP contribution in [0.25, 0.3) is 0 Å². The lowest BCUT2D eigenvalue weighted by molar-refractivity contribution is -0.131. The van der Waals surface area contributed by atoms with Crippen molar-refractivity contribution >= 4 is 45.9 Å². The molecule has 1 N–H and O–H groups in total. The van der Waals surface area contributed by atoms with Gasteiger partial charge in [-0.15, -0.1) is 0 Å². The van der Waals surface area contributed by atoms with Crippen molar-refractivity contribution in [2.24, 2.45) is 0 Å². The summed E-state index contributed by atoms with van der Waals surface area (Å²) >= 11 is 1.24. The summed E-state index contributed by atoms with van der Waals surface area (Å²) in [5, 5.41) is 3.81. The highest BCUT2D eigenvalue weighted by Gasteiger charge is 2.31. The van der Waals surface area contributed by atoms with E-state index in [-0.39, 0.29) is 11.9 Å². The van der Waals surface area contributed by atoms with Crippen molar-refractivity contribution in [3.8, 4) is 0 Å². The molecule has 12 nitrogen and oxygen atoms in total. The van der Waals surface area contributed by atoms with E-state index in [1.165, 1.54) is 11.3 Å². The van der Waals surface area contributed by atoms with Crippen molar-refractivity contribution in [1.29, 1.82) is 0 Å². The fourth-order valence-corrected chi connectivity index (χ4v) is 6.62. The van der Waals surface area contributed by atoms with Crippen molar-refractivity contribution in [3.63, 3.8) is 0 Å². The minimum absolute atomic E-state index is 0.237. The van der Waals surface area contributed by atoms with Gasteiger partial charge in [0.1, 0.15) is 16.5 Å². The quantitative estimate of drug-likeness (QED) is 0.370. The summed E-state index contributed by atoms with van der Waals surface area (Å²) < 4.78 is 5.19. The second-order valence-corrected chi connectivity index (χ2v) is 11.8. The highest BCUT2D eigenvalue weighted by atomic mass is 32.1. The normalized spacial score (nSPS) is 17.0. The first-order valence-electron chi connectivity index (χ1n) is 14.7. The molecular formula is C29H37N9O3S. The third-order valence-corrected chi connectivity index (χ3v) is 8.99. The molecule has 0 aromatic carbocycles. The zero-order chi connectivity index (χ0) is 29.1. The molecule has 2 fully saturated rings. The minimum atomic E-state index is -0.376. The van der Waals surface area contributed by atoms with Gasteiger partial charge in [0.05, 0.1) is 31.1 Å². The SMILES string of the molecule is CCOC(=O)c1sc(Nc2nc(N3CCN(CC(=O)N4CCCC4)CC3)c3c(n2)N(Cc2ccccn2)CC3)nc1C. The number of likely N-dealkylation sites (tertiary alicyclic amines) is 1. The van der Waals surface area contributed by atoms with Gasteiger partial charge in [0.15, 0.2) is 5.13 Å². The number of pyridine rings is 1. The number of rotatable bonds is 9. The van der Waals surface area contributed by atoms with E-state index >= 15 is 0 Å². The average Bonchev–Trinajstić information content (AvgIpc) is 3.75. The van der Waals surface area contributed by atoms with Crippen LogP contribution in [0.15, 0.2) is 24.4 Å². The third-order valence-electron chi connectivity index (χ3n) is 7.94. The van der Waals surface area contributed by atoms with E-state index in [2.05, 4.69) is 30.0 Å². The molecule has 3 aliphatic rings. The van der Waals surface area contributed by atoms with Gasteiger partial charge in [-0.3, -0.25) is 20.0 Å². The van der Waals surface area contributed by atoms with Gasteiger partial charge >= 0.3 is 5.97 Å². The third kappa shape index (κ3) is 6.16. The highest BCUT2D eigenvalue weighted by Crippen LogP contribution is 2.36. The summed E-state index contributed by atoms with van der Waals surface area (Å²) in [7, 11) is 0. The van der Waals surface area contributed by atoms with Gasteiger partial charge in [0.25, 0.3) is 0 Å². The Kier molecular flexibility index (Phi) is 8.47. The topological polar surface area (TPSA) is 120 Å². The Morgan fingerprint density at radius 3 is 2.52 bits per heavy atom. The number of fused-ring (bicyclic) bond motifs is 1. The van der Waals surface area contributed by atoms with Crippen LogP contribution in [0.1, 0.15) is 46.4 Å². The van der Waals surface area contributed by atoms with Crippen molar-refractivity contribution in [3.05, 3.63) is 46.2 Å². The van der Waals surface area contributed by atoms with Gasteiger partial charge in [-0.2, -0.15) is 9.97 Å². The number of hydrogen-bond donors (Lipinski definition) is 1. The van der Waals surface area contributed by atoms with Crippen LogP contribution >= 0.6 is 11.3 Å². The number of hydrogen-bond acceptors (Lipinski definition) is 12. The molecule has 3 aromatic heterocycles. The number of thiazole rings is 1. The molecule has 0 radical (unpaired) electrons. The summed E-state index contributed by atoms with van der Waals surface area (Å²) in [5.41, 5.74) is 2.71. The van der Waals surface area contributed by atoms with Crippen LogP contribution in [0.3, 0.4) is 0 Å². The maximum atomic E-state index is 12.7. The molecule has 0 atom stereocenters. The Balaban J connectivity index is 1.23. The molecule has 222 valence electrons. The van der Waals surface area contributed by atoms with E-state index in [0.29, 0.717) is 41.3 Å². The molecule has 3 aliphatic heterocycles. The molecule has 1 amide bonds. The zero-order valence-corrected chi connectivity index (χ0v) is 25.0. The van der Waals surface area contributed by atoms with Gasteiger partial charge in [0, 0.05) is 57.6 Å². The molecule has 2 saturated heterocycles. The maximum absolute atomic E-state index is 12.7. The largest absolute Gasteiger partial charge is 0.462 e. The summed E-state index contributed by atoms with van der Waals surface area (Å²) in [6.45, 7) is 10.8. The highest BCUT2D eigenvalue weighted by molar-refractivity contribution is 7.17. The van der Waals surface area contributed by atoms with Gasteiger partial charge in [-0.25, -0.2) is 9.78 Å². The maximum Gasteiger partial charge on any atom is 0.350 e. The molecule has 0 saturated carbocycles. The van der Waals surface area contributed by atoms with Crippen molar-refractivity contribution in [1.82, 2.24) is 29.7 Å². The number of aryl methyl sites for hydroxylation is 1. The lowest BCUT2D eigenvalue weighted by Gasteiger charge is -2.36. The van der Waals surface area contributed by atoms with E-state index in [4.69, 9.17) is 14.7 Å². The molecule has 0 spiro atoms. The fourth-order valence-electron chi connectivity index (χ4n) is 5.76. The molecule has 0 unspecified atom stereocenters. The van der Waals surface area contributed by atoms with E-state index in [1.54, 1.807) is 13.8 Å². The second kappa shape index (κ2) is 12.6. The number of amides is 1. The number of piperazine rings is 1. The van der Waals surface area contributed by atoms with Crippen molar-refractivity contribution < 1.29 is 14.3 Å². The number of ether oxygens (including phenoxy) is 1. The summed E-state index contributed by atoms with van der Waals surface area (Å²) in [6, 6.07) is 5.94. The molecule has 0 bridgehead atoms. The molecule has 6 rings (SSSR count). The lowest BCUT2D eigenvalue weighted by Crippen LogP contribution is -2.50. The summed E-state index contributed by atoms with van der Waals surface area (Å²) in [5.74, 6) is 2.10. The van der Waals surface area contributed by atoms with Crippen molar-refractivity contribution in [2.45, 2.75) is 39.7 Å². The van der Waals surface area contributed by atoms with Crippen molar-refractivity contribution in [2.75, 3.05) is 74.1 Å². The number of esters is 1. The Hall–Kier alpha value is -3.84. The second-order valence-electron chi connectivity index (χ2n) is 10.8. The first-order valence-corrected chi connectivity index (χ1v) is 15.5. The first-order chi connectivity index (χ1) is 20.5. The predicted octanol–water partition coefficient (Wildman–Crippen LogP) is 2.86. The summed E-state index contributed by atoms with van der Waals surface area (Å²) in [4.78, 5) is 53.4. The fraction of sp³-hybridized carbons (Fsp3) is 0.517. The lowest BCUT2D eigenvalue weighted by atomic mass is 10.2. The van der Waals surface area contributed by atoms with Crippen LogP contribution in [0, 0.1) is 6.92 Å². The smallest absolute Gasteiger partial charge is 0.350 e. The molecule has 42 heavy (non-hydrogen) atoms. The number of aromatic nitrogens is 4. The van der Waals surface area contributed by atoms with Crippen LogP contribution in [0.2, 0.25) is 0 Å². The standard InChI is InChI=1S/C29H37N9O3S/c1-3-41-27(40)24-20(2)31-29(42-24)34-28-32-25(22-9-13-38(26(22)33-28)18-21-8-4-5-10-30-21)37-16-14-35(15-17-37)19-23(39)36-11-6-7-12-36/h4-5,8,10H,3,6-7,9,11-19H2,1-2H3,(H,31,32,33,34). The Morgan fingerprint density at radius 1 is 1.00 bits per heavy atom. The molecule has 13 heteroatoms. The van der Waals surface area contributed by atoms with Gasteiger partial charge in [-0.1, -0.05) is 17.4 Å². The van der Waals surface area contributed by atoms with Gasteiger partial charge in [-0.05, 0) is 45.2 Å². The molecule has 3 aromatic rings. The number of anilines is 4. The number of nitrogens with zero attached hydrogens (tertiary/aromatic N) is 8. The molecular weight excluding hydrogens is 554 g/mol. The van der Waals surface area contributed by atoms with E-state index in [0.717, 1.165) is 88.0 Å². The zero-order valence-electron chi connectivity index (χ0n) is 24.2. The number of carbonyl (C=O) groups excluding carboxylic acids is 2. The first kappa shape index (κ1) is 28.3. The van der Waals surface area contributed by atoms with Crippen LogP contribution < -0.4 is 15.1 Å². The molecule has 0 aliphatic carbocycles. The molecule has 6 heterocycles. The Bertz CT molecular complexity index is 1420. The predicted molar refractivity (Wildman–Crippen MR) is 162 cm³/mol. The Morgan fingerprint density at radius 2 is 1.79 bits per heavy atom. The monoisotopic (exact) mass is 591 g/mol. The summed E-state index contributed by atoms with van der Waals surface area (Å²) in [6.07, 6.45) is 4.87. The van der Waals surface area contributed by atoms with Crippen LogP contribution in [-0.2, 0) is 22.5 Å². The van der Waals surface area contributed by atoms with E-state index in [1.807, 2.05) is 29.3 Å². The van der Waals surface area contributed by atoms with Crippen LogP contribution in [0.4, 0.5) is 22.7 Å².